The lowest BCUT2D eigenvalue weighted by Gasteiger charge is -2.19. The molecule has 39 heavy (non-hydrogen) atoms. The number of fused-ring (bicyclic) bond motifs is 1. The van der Waals surface area contributed by atoms with E-state index in [-0.39, 0.29) is 5.41 Å². The van der Waals surface area contributed by atoms with Gasteiger partial charge in [0.05, 0.1) is 17.6 Å². The van der Waals surface area contributed by atoms with Gasteiger partial charge in [-0.2, -0.15) is 0 Å². The minimum absolute atomic E-state index is 0.120. The number of unbranched alkanes of at least 4 members (excludes halogenated alkanes) is 1. The van der Waals surface area contributed by atoms with Crippen LogP contribution in [0.5, 0.6) is 17.2 Å². The van der Waals surface area contributed by atoms with Crippen molar-refractivity contribution in [2.24, 2.45) is 0 Å². The third-order valence-electron chi connectivity index (χ3n) is 7.31. The molecule has 0 aliphatic carbocycles. The van der Waals surface area contributed by atoms with Gasteiger partial charge in [-0.15, -0.1) is 0 Å². The summed E-state index contributed by atoms with van der Waals surface area (Å²) in [5.41, 5.74) is 4.59. The number of aromatic nitrogens is 2. The van der Waals surface area contributed by atoms with Crippen molar-refractivity contribution in [3.63, 3.8) is 0 Å². The lowest BCUT2D eigenvalue weighted by atomic mass is 9.87. The lowest BCUT2D eigenvalue weighted by Crippen LogP contribution is -2.25. The molecule has 0 radical (unpaired) electrons. The van der Waals surface area contributed by atoms with Gasteiger partial charge in [0.15, 0.2) is 0 Å². The Morgan fingerprint density at radius 1 is 0.795 bits per heavy atom. The van der Waals surface area contributed by atoms with Gasteiger partial charge in [0, 0.05) is 24.7 Å². The molecule has 0 saturated carbocycles. The van der Waals surface area contributed by atoms with E-state index in [9.17, 15) is 0 Å². The molecule has 0 saturated heterocycles. The monoisotopic (exact) mass is 527 g/mol. The van der Waals surface area contributed by atoms with Crippen LogP contribution in [0, 0.1) is 0 Å². The van der Waals surface area contributed by atoms with E-state index in [1.165, 1.54) is 5.56 Å². The van der Waals surface area contributed by atoms with E-state index in [0.29, 0.717) is 0 Å². The Kier molecular flexibility index (Phi) is 9.68. The van der Waals surface area contributed by atoms with E-state index in [2.05, 4.69) is 112 Å². The van der Waals surface area contributed by atoms with E-state index in [4.69, 9.17) is 14.5 Å². The molecule has 0 unspecified atom stereocenters. The summed E-state index contributed by atoms with van der Waals surface area (Å²) in [6.45, 7) is 18.2. The van der Waals surface area contributed by atoms with Crippen molar-refractivity contribution in [2.45, 2.75) is 72.8 Å². The number of ether oxygens (including phenoxy) is 2. The summed E-state index contributed by atoms with van der Waals surface area (Å²) in [4.78, 5) is 7.45. The molecule has 5 nitrogen and oxygen atoms in total. The first-order valence-corrected chi connectivity index (χ1v) is 14.6. The predicted molar refractivity (Wildman–Crippen MR) is 163 cm³/mol. The van der Waals surface area contributed by atoms with Crippen LogP contribution in [-0.2, 0) is 12.0 Å². The second kappa shape index (κ2) is 13.2. The average molecular weight is 528 g/mol. The van der Waals surface area contributed by atoms with Crippen LogP contribution < -0.4 is 9.47 Å². The smallest absolute Gasteiger partial charge is 0.141 e. The van der Waals surface area contributed by atoms with Crippen LogP contribution in [-0.4, -0.2) is 40.7 Å². The van der Waals surface area contributed by atoms with E-state index in [1.54, 1.807) is 0 Å². The summed E-state index contributed by atoms with van der Waals surface area (Å²) in [5, 5.41) is 0. The summed E-state index contributed by atoms with van der Waals surface area (Å²) in [6, 6.07) is 23.0. The lowest BCUT2D eigenvalue weighted by molar-refractivity contribution is 0.249. The molecule has 1 aromatic heterocycles. The van der Waals surface area contributed by atoms with E-state index >= 15 is 0 Å². The van der Waals surface area contributed by atoms with Crippen molar-refractivity contribution < 1.29 is 9.47 Å². The second-order valence-corrected chi connectivity index (χ2v) is 11.2. The maximum atomic E-state index is 6.26. The van der Waals surface area contributed by atoms with Crippen LogP contribution in [0.2, 0.25) is 0 Å². The van der Waals surface area contributed by atoms with Crippen molar-refractivity contribution in [1.29, 1.82) is 0 Å². The quantitative estimate of drug-likeness (QED) is 0.163. The number of hydrogen-bond donors (Lipinski definition) is 0. The van der Waals surface area contributed by atoms with Crippen LogP contribution in [0.1, 0.15) is 66.4 Å². The molecule has 5 heteroatoms. The zero-order chi connectivity index (χ0) is 27.8. The Balaban J connectivity index is 1.52. The van der Waals surface area contributed by atoms with Gasteiger partial charge in [0.1, 0.15) is 23.1 Å². The molecule has 0 aliphatic heterocycles. The highest BCUT2D eigenvalue weighted by Crippen LogP contribution is 2.32. The molecule has 3 aromatic carbocycles. The minimum Gasteiger partial charge on any atom is -0.494 e. The Hall–Kier alpha value is -3.31. The molecule has 0 atom stereocenters. The van der Waals surface area contributed by atoms with E-state index in [1.807, 2.05) is 6.07 Å². The van der Waals surface area contributed by atoms with Gasteiger partial charge < -0.3 is 18.9 Å². The summed E-state index contributed by atoms with van der Waals surface area (Å²) in [6.07, 6.45) is 3.24. The zero-order valence-corrected chi connectivity index (χ0v) is 24.7. The first-order chi connectivity index (χ1) is 18.8. The van der Waals surface area contributed by atoms with Gasteiger partial charge in [-0.25, -0.2) is 4.98 Å². The molecule has 4 aromatic rings. The molecule has 0 aliphatic rings. The average Bonchev–Trinajstić information content (AvgIpc) is 3.30. The summed E-state index contributed by atoms with van der Waals surface area (Å²) in [7, 11) is 0. The summed E-state index contributed by atoms with van der Waals surface area (Å²) < 4.78 is 14.6. The predicted octanol–water partition coefficient (Wildman–Crippen LogP) is 8.70. The standard InChI is InChI=1S/C34H45N3O2/c1-7-10-23-37-32-25-30(39-29-18-14-27(15-19-29)34(4,5)6)20-21-31(32)35-33(37)26-12-16-28(17-13-26)38-24-11-22-36(8-2)9-3/h12-21,25H,7-11,22-24H2,1-6H3. The van der Waals surface area contributed by atoms with E-state index < -0.39 is 0 Å². The van der Waals surface area contributed by atoms with Crippen molar-refractivity contribution in [3.05, 3.63) is 72.3 Å². The van der Waals surface area contributed by atoms with Crippen molar-refractivity contribution in [3.8, 4) is 28.6 Å². The first-order valence-electron chi connectivity index (χ1n) is 14.6. The van der Waals surface area contributed by atoms with Gasteiger partial charge in [-0.3, -0.25) is 0 Å². The molecule has 0 spiro atoms. The van der Waals surface area contributed by atoms with Crippen molar-refractivity contribution in [2.75, 3.05) is 26.2 Å². The normalized spacial score (nSPS) is 11.9. The third kappa shape index (κ3) is 7.42. The molecule has 1 heterocycles. The molecule has 0 N–H and O–H groups in total. The highest BCUT2D eigenvalue weighted by atomic mass is 16.5. The number of nitrogens with zero attached hydrogens (tertiary/aromatic N) is 3. The molecule has 0 amide bonds. The molecule has 4 rings (SSSR count). The number of benzene rings is 3. The van der Waals surface area contributed by atoms with Crippen LogP contribution in [0.4, 0.5) is 0 Å². The van der Waals surface area contributed by atoms with Gasteiger partial charge in [0.2, 0.25) is 0 Å². The highest BCUT2D eigenvalue weighted by Gasteiger charge is 2.15. The third-order valence-corrected chi connectivity index (χ3v) is 7.31. The van der Waals surface area contributed by atoms with Crippen molar-refractivity contribution in [1.82, 2.24) is 14.5 Å². The Morgan fingerprint density at radius 3 is 2.10 bits per heavy atom. The summed E-state index contributed by atoms with van der Waals surface area (Å²) in [5.74, 6) is 3.56. The largest absolute Gasteiger partial charge is 0.494 e. The highest BCUT2D eigenvalue weighted by molar-refractivity contribution is 5.82. The topological polar surface area (TPSA) is 39.5 Å². The molecular weight excluding hydrogens is 482 g/mol. The van der Waals surface area contributed by atoms with Crippen LogP contribution in [0.25, 0.3) is 22.4 Å². The Labute approximate surface area is 234 Å². The van der Waals surface area contributed by atoms with Crippen LogP contribution in [0.3, 0.4) is 0 Å². The number of aryl methyl sites for hydroxylation is 1. The molecule has 0 bridgehead atoms. The number of hydrogen-bond acceptors (Lipinski definition) is 4. The number of rotatable bonds is 13. The zero-order valence-electron chi connectivity index (χ0n) is 24.7. The fourth-order valence-corrected chi connectivity index (χ4v) is 4.81. The SMILES string of the molecule is CCCCn1c(-c2ccc(OCCCN(CC)CC)cc2)nc2ccc(Oc3ccc(C(C)(C)C)cc3)cc21. The maximum Gasteiger partial charge on any atom is 0.141 e. The van der Waals surface area contributed by atoms with Gasteiger partial charge in [-0.1, -0.05) is 60.1 Å². The Bertz CT molecular complexity index is 1310. The minimum atomic E-state index is 0.120. The van der Waals surface area contributed by atoms with Gasteiger partial charge in [0.25, 0.3) is 0 Å². The second-order valence-electron chi connectivity index (χ2n) is 11.2. The summed E-state index contributed by atoms with van der Waals surface area (Å²) >= 11 is 0. The molecule has 208 valence electrons. The fourth-order valence-electron chi connectivity index (χ4n) is 4.81. The maximum absolute atomic E-state index is 6.26. The fraction of sp³-hybridized carbons (Fsp3) is 0.441. The van der Waals surface area contributed by atoms with Gasteiger partial charge in [-0.05, 0) is 85.4 Å². The van der Waals surface area contributed by atoms with Gasteiger partial charge >= 0.3 is 0 Å². The van der Waals surface area contributed by atoms with E-state index in [0.717, 1.165) is 91.7 Å². The Morgan fingerprint density at radius 2 is 1.46 bits per heavy atom. The molecular formula is C34H45N3O2. The van der Waals surface area contributed by atoms with Crippen LogP contribution >= 0.6 is 0 Å². The first kappa shape index (κ1) is 28.7. The molecule has 0 fully saturated rings. The van der Waals surface area contributed by atoms with Crippen molar-refractivity contribution >= 4 is 11.0 Å². The number of imidazole rings is 1. The van der Waals surface area contributed by atoms with Crippen LogP contribution in [0.15, 0.2) is 66.7 Å².